The first-order chi connectivity index (χ1) is 16.2. The second-order valence-corrected chi connectivity index (χ2v) is 8.28. The Kier molecular flexibility index (Phi) is 7.96. The van der Waals surface area contributed by atoms with E-state index in [0.29, 0.717) is 16.4 Å². The zero-order valence-corrected chi connectivity index (χ0v) is 19.1. The van der Waals surface area contributed by atoms with Crippen molar-refractivity contribution in [1.29, 1.82) is 0 Å². The van der Waals surface area contributed by atoms with Crippen LogP contribution in [0.3, 0.4) is 0 Å². The molecule has 0 fully saturated rings. The molecule has 9 heteroatoms. The van der Waals surface area contributed by atoms with Gasteiger partial charge in [-0.05, 0) is 60.0 Å². The largest absolute Gasteiger partial charge is 0.326 e. The molecule has 4 amide bonds. The van der Waals surface area contributed by atoms with Gasteiger partial charge in [-0.1, -0.05) is 43.6 Å². The molecule has 0 spiro atoms. The highest BCUT2D eigenvalue weighted by Gasteiger charge is 2.24. The minimum atomic E-state index is -1.21. The number of halogens is 3. The molecule has 3 aromatic carbocycles. The van der Waals surface area contributed by atoms with E-state index >= 15 is 0 Å². The van der Waals surface area contributed by atoms with Gasteiger partial charge in [0.05, 0.1) is 5.92 Å². The van der Waals surface area contributed by atoms with Crippen molar-refractivity contribution in [1.82, 2.24) is 5.32 Å². The number of anilines is 2. The molecule has 0 radical (unpaired) electrons. The van der Waals surface area contributed by atoms with Crippen LogP contribution in [-0.4, -0.2) is 17.8 Å². The summed E-state index contributed by atoms with van der Waals surface area (Å²) in [5, 5.41) is 7.70. The highest BCUT2D eigenvalue weighted by atomic mass is 35.5. The molecule has 0 aromatic heterocycles. The molecular weight excluding hydrogens is 464 g/mol. The number of amides is 4. The lowest BCUT2D eigenvalue weighted by atomic mass is 9.87. The fourth-order valence-electron chi connectivity index (χ4n) is 3.41. The maximum atomic E-state index is 13.7. The Balaban J connectivity index is 1.62. The van der Waals surface area contributed by atoms with Crippen molar-refractivity contribution in [3.05, 3.63) is 94.5 Å². The minimum absolute atomic E-state index is 0.0302. The van der Waals surface area contributed by atoms with Crippen molar-refractivity contribution in [2.24, 2.45) is 5.92 Å². The van der Waals surface area contributed by atoms with E-state index in [9.17, 15) is 23.2 Å². The maximum Gasteiger partial charge on any atom is 0.326 e. The van der Waals surface area contributed by atoms with Gasteiger partial charge in [-0.3, -0.25) is 14.9 Å². The molecule has 34 heavy (non-hydrogen) atoms. The van der Waals surface area contributed by atoms with Gasteiger partial charge in [0.2, 0.25) is 5.91 Å². The quantitative estimate of drug-likeness (QED) is 0.402. The summed E-state index contributed by atoms with van der Waals surface area (Å²) in [7, 11) is 0. The SMILES string of the molecule is CC(C)C(C(=O)Nc1ccc(NC(=O)NC(=O)c2c(F)cccc2F)cc1)c1ccc(Cl)cc1. The van der Waals surface area contributed by atoms with Crippen LogP contribution < -0.4 is 16.0 Å². The van der Waals surface area contributed by atoms with Gasteiger partial charge in [-0.15, -0.1) is 0 Å². The number of imide groups is 1. The van der Waals surface area contributed by atoms with Gasteiger partial charge in [-0.25, -0.2) is 13.6 Å². The summed E-state index contributed by atoms with van der Waals surface area (Å²) in [6.07, 6.45) is 0. The van der Waals surface area contributed by atoms with Crippen LogP contribution in [0.5, 0.6) is 0 Å². The zero-order valence-electron chi connectivity index (χ0n) is 18.4. The molecule has 6 nitrogen and oxygen atoms in total. The van der Waals surface area contributed by atoms with Gasteiger partial charge < -0.3 is 10.6 Å². The van der Waals surface area contributed by atoms with Crippen molar-refractivity contribution in [3.63, 3.8) is 0 Å². The van der Waals surface area contributed by atoms with E-state index < -0.39 is 35.1 Å². The summed E-state index contributed by atoms with van der Waals surface area (Å²) < 4.78 is 27.4. The topological polar surface area (TPSA) is 87.3 Å². The predicted octanol–water partition coefficient (Wildman–Crippen LogP) is 5.96. The van der Waals surface area contributed by atoms with Gasteiger partial charge in [0.25, 0.3) is 5.91 Å². The summed E-state index contributed by atoms with van der Waals surface area (Å²) in [6.45, 7) is 3.89. The lowest BCUT2D eigenvalue weighted by molar-refractivity contribution is -0.118. The Labute approximate surface area is 200 Å². The first-order valence-corrected chi connectivity index (χ1v) is 10.8. The van der Waals surface area contributed by atoms with Crippen molar-refractivity contribution in [3.8, 4) is 0 Å². The number of urea groups is 1. The lowest BCUT2D eigenvalue weighted by Gasteiger charge is -2.21. The van der Waals surface area contributed by atoms with Crippen molar-refractivity contribution >= 4 is 40.8 Å². The highest BCUT2D eigenvalue weighted by molar-refractivity contribution is 6.30. The first kappa shape index (κ1) is 24.9. The van der Waals surface area contributed by atoms with Crippen LogP contribution in [0, 0.1) is 17.6 Å². The second kappa shape index (κ2) is 10.9. The van der Waals surface area contributed by atoms with Crippen LogP contribution in [0.25, 0.3) is 0 Å². The Hall–Kier alpha value is -3.78. The summed E-state index contributed by atoms with van der Waals surface area (Å²) in [5.41, 5.74) is 0.786. The molecule has 3 rings (SSSR count). The van der Waals surface area contributed by atoms with E-state index in [4.69, 9.17) is 11.6 Å². The van der Waals surface area contributed by atoms with Gasteiger partial charge >= 0.3 is 6.03 Å². The molecule has 0 heterocycles. The zero-order chi connectivity index (χ0) is 24.8. The molecule has 3 aromatic rings. The van der Waals surface area contributed by atoms with Gasteiger partial charge in [0.15, 0.2) is 0 Å². The lowest BCUT2D eigenvalue weighted by Crippen LogP contribution is -2.35. The Morgan fingerprint density at radius 1 is 0.794 bits per heavy atom. The van der Waals surface area contributed by atoms with E-state index in [2.05, 4.69) is 10.6 Å². The van der Waals surface area contributed by atoms with Gasteiger partial charge in [0.1, 0.15) is 17.2 Å². The van der Waals surface area contributed by atoms with Crippen molar-refractivity contribution < 1.29 is 23.2 Å². The smallest absolute Gasteiger partial charge is 0.326 e. The molecule has 1 atom stereocenters. The summed E-state index contributed by atoms with van der Waals surface area (Å²) in [6, 6.07) is 15.2. The van der Waals surface area contributed by atoms with E-state index in [1.165, 1.54) is 12.1 Å². The molecule has 0 aliphatic heterocycles. The van der Waals surface area contributed by atoms with Crippen LogP contribution >= 0.6 is 11.6 Å². The van der Waals surface area contributed by atoms with E-state index in [1.807, 2.05) is 31.3 Å². The molecule has 0 bridgehead atoms. The Morgan fingerprint density at radius 2 is 1.32 bits per heavy atom. The molecule has 0 aliphatic rings. The Morgan fingerprint density at radius 3 is 1.85 bits per heavy atom. The van der Waals surface area contributed by atoms with E-state index in [-0.39, 0.29) is 11.8 Å². The minimum Gasteiger partial charge on any atom is -0.326 e. The second-order valence-electron chi connectivity index (χ2n) is 7.84. The fraction of sp³-hybridized carbons (Fsp3) is 0.160. The summed E-state index contributed by atoms with van der Waals surface area (Å²) >= 11 is 5.94. The number of carbonyl (C=O) groups is 3. The maximum absolute atomic E-state index is 13.7. The van der Waals surface area contributed by atoms with E-state index in [1.54, 1.807) is 24.3 Å². The number of hydrogen-bond acceptors (Lipinski definition) is 3. The number of hydrogen-bond donors (Lipinski definition) is 3. The molecule has 1 unspecified atom stereocenters. The summed E-state index contributed by atoms with van der Waals surface area (Å²) in [4.78, 5) is 37.0. The molecule has 0 saturated carbocycles. The third-order valence-corrected chi connectivity index (χ3v) is 5.26. The summed E-state index contributed by atoms with van der Waals surface area (Å²) in [5.74, 6) is -3.94. The standard InChI is InChI=1S/C25H22ClF2N3O3/c1-14(2)21(15-6-8-16(26)9-7-15)23(32)29-17-10-12-18(13-11-17)30-25(34)31-24(33)22-19(27)4-3-5-20(22)28/h3-14,21H,1-2H3,(H,29,32)(H2,30,31,33,34). The number of rotatable bonds is 6. The first-order valence-electron chi connectivity index (χ1n) is 10.4. The third kappa shape index (κ3) is 6.17. The van der Waals surface area contributed by atoms with Crippen molar-refractivity contribution in [2.75, 3.05) is 10.6 Å². The van der Waals surface area contributed by atoms with Crippen molar-refractivity contribution in [2.45, 2.75) is 19.8 Å². The number of carbonyl (C=O) groups excluding carboxylic acids is 3. The average Bonchev–Trinajstić information content (AvgIpc) is 2.76. The molecule has 0 aliphatic carbocycles. The number of benzene rings is 3. The Bertz CT molecular complexity index is 1180. The molecular formula is C25H22ClF2N3O3. The monoisotopic (exact) mass is 485 g/mol. The average molecular weight is 486 g/mol. The molecule has 176 valence electrons. The predicted molar refractivity (Wildman–Crippen MR) is 127 cm³/mol. The number of nitrogens with one attached hydrogen (secondary N) is 3. The van der Waals surface area contributed by atoms with Crippen LogP contribution in [-0.2, 0) is 4.79 Å². The van der Waals surface area contributed by atoms with Crippen LogP contribution in [0.2, 0.25) is 5.02 Å². The van der Waals surface area contributed by atoms with Crippen LogP contribution in [0.15, 0.2) is 66.7 Å². The molecule has 3 N–H and O–H groups in total. The van der Waals surface area contributed by atoms with Gasteiger partial charge in [-0.2, -0.15) is 0 Å². The normalized spacial score (nSPS) is 11.6. The van der Waals surface area contributed by atoms with Crippen LogP contribution in [0.4, 0.5) is 25.0 Å². The highest BCUT2D eigenvalue weighted by Crippen LogP contribution is 2.27. The van der Waals surface area contributed by atoms with Crippen LogP contribution in [0.1, 0.15) is 35.7 Å². The molecule has 0 saturated heterocycles. The van der Waals surface area contributed by atoms with E-state index in [0.717, 1.165) is 23.8 Å². The fourth-order valence-corrected chi connectivity index (χ4v) is 3.53. The van der Waals surface area contributed by atoms with Gasteiger partial charge in [0, 0.05) is 16.4 Å². The third-order valence-electron chi connectivity index (χ3n) is 5.01.